The van der Waals surface area contributed by atoms with Gasteiger partial charge in [-0.15, -0.1) is 0 Å². The van der Waals surface area contributed by atoms with E-state index in [2.05, 4.69) is 10.1 Å². The van der Waals surface area contributed by atoms with Crippen molar-refractivity contribution < 1.29 is 19.5 Å². The predicted molar refractivity (Wildman–Crippen MR) is 107 cm³/mol. The molecule has 7 nitrogen and oxygen atoms in total. The third kappa shape index (κ3) is 2.91. The van der Waals surface area contributed by atoms with Crippen LogP contribution in [0.3, 0.4) is 0 Å². The number of hydrogen-bond acceptors (Lipinski definition) is 5. The Balaban J connectivity index is 1.48. The molecule has 2 aromatic carbocycles. The van der Waals surface area contributed by atoms with Gasteiger partial charge < -0.3 is 24.6 Å². The summed E-state index contributed by atoms with van der Waals surface area (Å²) in [6, 6.07) is 10.1. The van der Waals surface area contributed by atoms with Crippen molar-refractivity contribution >= 4 is 28.4 Å². The van der Waals surface area contributed by atoms with Crippen LogP contribution in [0.4, 0.5) is 0 Å². The Kier molecular flexibility index (Phi) is 3.99. The number of phenols is 2. The number of carbonyl (C=O) groups excluding carboxylic acids is 1. The lowest BCUT2D eigenvalue weighted by Crippen LogP contribution is -2.35. The number of nitrogens with one attached hydrogen (secondary N) is 1. The average molecular weight is 410 g/mol. The number of aromatic amines is 1. The fraction of sp³-hybridized carbons (Fsp3) is 0.143. The van der Waals surface area contributed by atoms with E-state index in [4.69, 9.17) is 16.1 Å². The summed E-state index contributed by atoms with van der Waals surface area (Å²) in [6.45, 7) is 0.821. The summed E-state index contributed by atoms with van der Waals surface area (Å²) in [5, 5.41) is 25.1. The van der Waals surface area contributed by atoms with Crippen molar-refractivity contribution in [3.8, 4) is 22.8 Å². The number of rotatable bonds is 2. The minimum Gasteiger partial charge on any atom is -0.507 e. The Morgan fingerprint density at radius 2 is 2.03 bits per heavy atom. The lowest BCUT2D eigenvalue weighted by atomic mass is 10.00. The number of fused-ring (bicyclic) bond motifs is 2. The van der Waals surface area contributed by atoms with Gasteiger partial charge in [0, 0.05) is 47.3 Å². The summed E-state index contributed by atoms with van der Waals surface area (Å²) >= 11 is 5.99. The van der Waals surface area contributed by atoms with Gasteiger partial charge in [-0.3, -0.25) is 4.79 Å². The monoisotopic (exact) mass is 409 g/mol. The van der Waals surface area contributed by atoms with Gasteiger partial charge in [0.25, 0.3) is 5.91 Å². The van der Waals surface area contributed by atoms with E-state index in [1.54, 1.807) is 11.0 Å². The van der Waals surface area contributed by atoms with Crippen LogP contribution < -0.4 is 0 Å². The van der Waals surface area contributed by atoms with E-state index in [0.717, 1.165) is 28.2 Å². The number of hydrogen-bond donors (Lipinski definition) is 3. The SMILES string of the molecule is O=C(c1ccc2[nH]ccc2c1)N1CCc2noc(-c3cc(Cl)c(O)cc3O)c2C1. The first kappa shape index (κ1) is 17.6. The molecule has 2 aromatic heterocycles. The molecule has 1 aliphatic rings. The minimum atomic E-state index is -0.224. The highest BCUT2D eigenvalue weighted by atomic mass is 35.5. The topological polar surface area (TPSA) is 103 Å². The summed E-state index contributed by atoms with van der Waals surface area (Å²) in [7, 11) is 0. The maximum absolute atomic E-state index is 13.1. The van der Waals surface area contributed by atoms with Crippen molar-refractivity contribution in [3.05, 3.63) is 64.4 Å². The number of aromatic hydroxyl groups is 2. The molecule has 4 aromatic rings. The number of nitrogens with zero attached hydrogens (tertiary/aromatic N) is 2. The van der Waals surface area contributed by atoms with Gasteiger partial charge in [-0.05, 0) is 30.3 Å². The van der Waals surface area contributed by atoms with Crippen LogP contribution in [0.2, 0.25) is 5.02 Å². The standard InChI is InChI=1S/C21H16ClN3O4/c22-15-8-13(18(26)9-19(15)27)20-14-10-25(6-4-17(14)24-29-20)21(28)12-1-2-16-11(7-12)3-5-23-16/h1-3,5,7-9,23,26-27H,4,6,10H2. The summed E-state index contributed by atoms with van der Waals surface area (Å²) in [4.78, 5) is 17.9. The maximum atomic E-state index is 13.1. The van der Waals surface area contributed by atoms with Crippen LogP contribution in [0.15, 0.2) is 47.1 Å². The molecule has 0 spiro atoms. The van der Waals surface area contributed by atoms with Crippen molar-refractivity contribution in [2.24, 2.45) is 0 Å². The molecule has 0 aliphatic carbocycles. The summed E-state index contributed by atoms with van der Waals surface area (Å²) < 4.78 is 5.47. The van der Waals surface area contributed by atoms with E-state index in [1.165, 1.54) is 6.07 Å². The fourth-order valence-corrected chi connectivity index (χ4v) is 3.86. The van der Waals surface area contributed by atoms with Crippen molar-refractivity contribution in [2.45, 2.75) is 13.0 Å². The molecule has 5 rings (SSSR count). The van der Waals surface area contributed by atoms with Gasteiger partial charge in [-0.1, -0.05) is 16.8 Å². The quantitative estimate of drug-likeness (QED) is 0.463. The number of carbonyl (C=O) groups is 1. The molecule has 29 heavy (non-hydrogen) atoms. The van der Waals surface area contributed by atoms with Crippen LogP contribution in [0.25, 0.3) is 22.2 Å². The molecule has 3 N–H and O–H groups in total. The highest BCUT2D eigenvalue weighted by Crippen LogP contribution is 2.40. The molecule has 1 aliphatic heterocycles. The molecule has 0 unspecified atom stereocenters. The zero-order chi connectivity index (χ0) is 20.1. The number of phenolic OH excluding ortho intramolecular Hbond substituents is 2. The predicted octanol–water partition coefficient (Wildman–Crippen LogP) is 4.09. The molecule has 146 valence electrons. The summed E-state index contributed by atoms with van der Waals surface area (Å²) in [6.07, 6.45) is 2.38. The highest BCUT2D eigenvalue weighted by molar-refractivity contribution is 6.32. The second kappa shape index (κ2) is 6.56. The number of halogens is 1. The molecule has 0 bridgehead atoms. The van der Waals surface area contributed by atoms with Crippen LogP contribution in [-0.4, -0.2) is 37.7 Å². The van der Waals surface area contributed by atoms with Gasteiger partial charge >= 0.3 is 0 Å². The van der Waals surface area contributed by atoms with Gasteiger partial charge in [0.2, 0.25) is 0 Å². The first-order chi connectivity index (χ1) is 14.0. The molecule has 0 fully saturated rings. The summed E-state index contributed by atoms with van der Waals surface area (Å²) in [5.41, 5.74) is 3.38. The van der Waals surface area contributed by atoms with Crippen molar-refractivity contribution in [1.29, 1.82) is 0 Å². The molecule has 3 heterocycles. The molecule has 0 saturated heterocycles. The fourth-order valence-electron chi connectivity index (χ4n) is 3.70. The second-order valence-electron chi connectivity index (χ2n) is 7.01. The van der Waals surface area contributed by atoms with Gasteiger partial charge in [0.15, 0.2) is 5.76 Å². The van der Waals surface area contributed by atoms with Crippen LogP contribution in [0.1, 0.15) is 21.6 Å². The van der Waals surface area contributed by atoms with Crippen LogP contribution >= 0.6 is 11.6 Å². The normalized spacial score (nSPS) is 13.6. The summed E-state index contributed by atoms with van der Waals surface area (Å²) in [5.74, 6) is -0.137. The third-order valence-corrected chi connectivity index (χ3v) is 5.54. The number of H-pyrrole nitrogens is 1. The van der Waals surface area contributed by atoms with Gasteiger partial charge in [-0.25, -0.2) is 0 Å². The first-order valence-electron chi connectivity index (χ1n) is 9.07. The van der Waals surface area contributed by atoms with Crippen molar-refractivity contribution in [2.75, 3.05) is 6.54 Å². The van der Waals surface area contributed by atoms with Crippen LogP contribution in [0.5, 0.6) is 11.5 Å². The number of benzene rings is 2. The smallest absolute Gasteiger partial charge is 0.254 e. The Hall–Kier alpha value is -3.45. The van der Waals surface area contributed by atoms with E-state index in [0.29, 0.717) is 36.4 Å². The van der Waals surface area contributed by atoms with E-state index in [1.807, 2.05) is 24.4 Å². The average Bonchev–Trinajstić information content (AvgIpc) is 3.36. The lowest BCUT2D eigenvalue weighted by molar-refractivity contribution is 0.0735. The van der Waals surface area contributed by atoms with E-state index in [9.17, 15) is 15.0 Å². The van der Waals surface area contributed by atoms with E-state index < -0.39 is 0 Å². The molecule has 1 amide bonds. The minimum absolute atomic E-state index is 0.0844. The lowest BCUT2D eigenvalue weighted by Gasteiger charge is -2.26. The number of aromatic nitrogens is 2. The zero-order valence-electron chi connectivity index (χ0n) is 15.1. The molecule has 0 saturated carbocycles. The molecular weight excluding hydrogens is 394 g/mol. The van der Waals surface area contributed by atoms with Crippen LogP contribution in [0, 0.1) is 0 Å². The maximum Gasteiger partial charge on any atom is 0.254 e. The molecule has 0 atom stereocenters. The van der Waals surface area contributed by atoms with Crippen molar-refractivity contribution in [1.82, 2.24) is 15.0 Å². The zero-order valence-corrected chi connectivity index (χ0v) is 15.9. The largest absolute Gasteiger partial charge is 0.507 e. The van der Waals surface area contributed by atoms with Gasteiger partial charge in [-0.2, -0.15) is 0 Å². The molecule has 8 heteroatoms. The third-order valence-electron chi connectivity index (χ3n) is 5.23. The number of amides is 1. The first-order valence-corrected chi connectivity index (χ1v) is 9.45. The molecule has 0 radical (unpaired) electrons. The van der Waals surface area contributed by atoms with Gasteiger partial charge in [0.1, 0.15) is 11.5 Å². The van der Waals surface area contributed by atoms with Gasteiger partial charge in [0.05, 0.1) is 22.8 Å². The molecular formula is C21H16ClN3O4. The highest BCUT2D eigenvalue weighted by Gasteiger charge is 2.29. The Bertz CT molecular complexity index is 1260. The Labute approximate surface area is 170 Å². The van der Waals surface area contributed by atoms with Crippen molar-refractivity contribution in [3.63, 3.8) is 0 Å². The van der Waals surface area contributed by atoms with E-state index in [-0.39, 0.29) is 22.4 Å². The van der Waals surface area contributed by atoms with Crippen LogP contribution in [-0.2, 0) is 13.0 Å². The Morgan fingerprint density at radius 1 is 1.17 bits per heavy atom. The second-order valence-corrected chi connectivity index (χ2v) is 7.42. The Morgan fingerprint density at radius 3 is 2.90 bits per heavy atom. The van der Waals surface area contributed by atoms with E-state index >= 15 is 0 Å².